The lowest BCUT2D eigenvalue weighted by Crippen LogP contribution is -2.23. The summed E-state index contributed by atoms with van der Waals surface area (Å²) in [7, 11) is -3.61. The van der Waals surface area contributed by atoms with Crippen molar-refractivity contribution in [3.63, 3.8) is 0 Å². The van der Waals surface area contributed by atoms with E-state index in [0.717, 1.165) is 0 Å². The minimum Gasteiger partial charge on any atom is -0.462 e. The molecule has 0 atom stereocenters. The second-order valence-corrected chi connectivity index (χ2v) is 6.08. The quantitative estimate of drug-likeness (QED) is 0.525. The summed E-state index contributed by atoms with van der Waals surface area (Å²) in [5, 5.41) is 7.85. The van der Waals surface area contributed by atoms with E-state index in [9.17, 15) is 13.2 Å². The molecule has 0 bridgehead atoms. The summed E-state index contributed by atoms with van der Waals surface area (Å²) < 4.78 is 26.6. The third-order valence-electron chi connectivity index (χ3n) is 2.30. The van der Waals surface area contributed by atoms with Crippen molar-refractivity contribution in [2.75, 3.05) is 30.0 Å². The maximum absolute atomic E-state index is 11.8. The number of esters is 1. The molecule has 9 heteroatoms. The summed E-state index contributed by atoms with van der Waals surface area (Å²) in [4.78, 5) is 11.8. The van der Waals surface area contributed by atoms with Crippen molar-refractivity contribution in [1.29, 1.82) is 0 Å². The zero-order valence-electron chi connectivity index (χ0n) is 10.8. The molecule has 1 aromatic rings. The molecule has 0 aliphatic carbocycles. The van der Waals surface area contributed by atoms with Gasteiger partial charge in [0, 0.05) is 12.2 Å². The molecule has 0 aliphatic heterocycles. The van der Waals surface area contributed by atoms with Gasteiger partial charge in [-0.05, 0) is 19.1 Å². The van der Waals surface area contributed by atoms with Gasteiger partial charge in [0.05, 0.1) is 28.6 Å². The molecule has 0 radical (unpaired) electrons. The van der Waals surface area contributed by atoms with Crippen molar-refractivity contribution in [2.45, 2.75) is 6.92 Å². The van der Waals surface area contributed by atoms with Gasteiger partial charge in [0.2, 0.25) is 10.0 Å². The number of anilines is 2. The Bertz CT molecular complexity index is 604. The third kappa shape index (κ3) is 4.87. The van der Waals surface area contributed by atoms with E-state index in [1.54, 1.807) is 6.92 Å². The first-order valence-electron chi connectivity index (χ1n) is 5.75. The van der Waals surface area contributed by atoms with Gasteiger partial charge < -0.3 is 15.8 Å². The number of hydrogen-bond donors (Lipinski definition) is 3. The average molecular weight is 322 g/mol. The third-order valence-corrected chi connectivity index (χ3v) is 3.37. The molecule has 0 saturated carbocycles. The Morgan fingerprint density at radius 1 is 1.45 bits per heavy atom. The number of benzene rings is 1. The van der Waals surface area contributed by atoms with Crippen LogP contribution < -0.4 is 16.2 Å². The number of hydrogen-bond acceptors (Lipinski definition) is 6. The largest absolute Gasteiger partial charge is 0.462 e. The van der Waals surface area contributed by atoms with E-state index in [2.05, 4.69) is 5.32 Å². The SMILES string of the molecule is CCOC(=O)c1cc(N)cc(Cl)c1NCCS(N)(=O)=O. The van der Waals surface area contributed by atoms with Crippen LogP contribution in [-0.2, 0) is 14.8 Å². The molecule has 7 nitrogen and oxygen atoms in total. The summed E-state index contributed by atoms with van der Waals surface area (Å²) in [5.74, 6) is -0.893. The van der Waals surface area contributed by atoms with Crippen molar-refractivity contribution in [1.82, 2.24) is 0 Å². The van der Waals surface area contributed by atoms with Crippen LogP contribution in [-0.4, -0.2) is 33.3 Å². The normalized spacial score (nSPS) is 11.2. The number of rotatable bonds is 6. The second kappa shape index (κ2) is 6.78. The fourth-order valence-corrected chi connectivity index (χ4v) is 2.18. The summed E-state index contributed by atoms with van der Waals surface area (Å²) in [6.07, 6.45) is 0. The molecular weight excluding hydrogens is 306 g/mol. The number of nitrogen functional groups attached to an aromatic ring is 1. The van der Waals surface area contributed by atoms with Gasteiger partial charge in [-0.25, -0.2) is 18.4 Å². The van der Waals surface area contributed by atoms with Crippen LogP contribution in [0, 0.1) is 0 Å². The Balaban J connectivity index is 3.01. The number of nitrogens with two attached hydrogens (primary N) is 2. The van der Waals surface area contributed by atoms with E-state index in [4.69, 9.17) is 27.2 Å². The number of ether oxygens (including phenoxy) is 1. The maximum atomic E-state index is 11.8. The zero-order valence-corrected chi connectivity index (χ0v) is 12.4. The Hall–Kier alpha value is -1.51. The van der Waals surface area contributed by atoms with Crippen molar-refractivity contribution in [3.05, 3.63) is 22.7 Å². The molecule has 0 unspecified atom stereocenters. The molecule has 5 N–H and O–H groups in total. The number of carbonyl (C=O) groups is 1. The van der Waals surface area contributed by atoms with Gasteiger partial charge in [0.25, 0.3) is 0 Å². The molecule has 0 fully saturated rings. The standard InChI is InChI=1S/C11H16ClN3O4S/c1-2-19-11(16)8-5-7(13)6-9(12)10(8)15-3-4-20(14,17)18/h5-6,15H,2-4,13H2,1H3,(H2,14,17,18). The monoisotopic (exact) mass is 321 g/mol. The van der Waals surface area contributed by atoms with Crippen molar-refractivity contribution >= 4 is 39.0 Å². The molecule has 112 valence electrons. The van der Waals surface area contributed by atoms with Crippen LogP contribution in [0.4, 0.5) is 11.4 Å². The summed E-state index contributed by atoms with van der Waals surface area (Å²) in [5.41, 5.74) is 6.34. The number of primary sulfonamides is 1. The van der Waals surface area contributed by atoms with Crippen molar-refractivity contribution in [2.24, 2.45) is 5.14 Å². The van der Waals surface area contributed by atoms with Gasteiger partial charge in [-0.2, -0.15) is 0 Å². The molecule has 20 heavy (non-hydrogen) atoms. The number of carbonyl (C=O) groups excluding carboxylic acids is 1. The van der Waals surface area contributed by atoms with Crippen molar-refractivity contribution in [3.8, 4) is 0 Å². The van der Waals surface area contributed by atoms with Gasteiger partial charge in [-0.15, -0.1) is 0 Å². The molecule has 0 amide bonds. The van der Waals surface area contributed by atoms with Crippen LogP contribution in [0.2, 0.25) is 5.02 Å². The van der Waals surface area contributed by atoms with Crippen LogP contribution >= 0.6 is 11.6 Å². The Kier molecular flexibility index (Phi) is 5.61. The van der Waals surface area contributed by atoms with Crippen LogP contribution in [0.15, 0.2) is 12.1 Å². The molecule has 0 spiro atoms. The van der Waals surface area contributed by atoms with Gasteiger partial charge in [-0.1, -0.05) is 11.6 Å². The summed E-state index contributed by atoms with van der Waals surface area (Å²) >= 11 is 6.00. The minimum atomic E-state index is -3.61. The van der Waals surface area contributed by atoms with Gasteiger partial charge in [0.15, 0.2) is 0 Å². The molecule has 0 heterocycles. The number of sulfonamides is 1. The highest BCUT2D eigenvalue weighted by Gasteiger charge is 2.17. The molecular formula is C11H16ClN3O4S. The van der Waals surface area contributed by atoms with E-state index in [1.807, 2.05) is 0 Å². The Morgan fingerprint density at radius 3 is 2.65 bits per heavy atom. The predicted octanol–water partition coefficient (Wildman–Crippen LogP) is 0.799. The lowest BCUT2D eigenvalue weighted by molar-refractivity contribution is 0.0527. The maximum Gasteiger partial charge on any atom is 0.340 e. The summed E-state index contributed by atoms with van der Waals surface area (Å²) in [6, 6.07) is 2.85. The molecule has 0 aromatic heterocycles. The zero-order chi connectivity index (χ0) is 15.3. The first-order valence-corrected chi connectivity index (χ1v) is 7.84. The van der Waals surface area contributed by atoms with Crippen LogP contribution in [0.5, 0.6) is 0 Å². The molecule has 1 rings (SSSR count). The number of halogens is 1. The second-order valence-electron chi connectivity index (χ2n) is 3.94. The van der Waals surface area contributed by atoms with Crippen LogP contribution in [0.25, 0.3) is 0 Å². The van der Waals surface area contributed by atoms with Gasteiger partial charge in [-0.3, -0.25) is 0 Å². The Labute approximate surface area is 122 Å². The molecule has 1 aromatic carbocycles. The van der Waals surface area contributed by atoms with Crippen LogP contribution in [0.3, 0.4) is 0 Å². The highest BCUT2D eigenvalue weighted by molar-refractivity contribution is 7.89. The Morgan fingerprint density at radius 2 is 2.10 bits per heavy atom. The van der Waals surface area contributed by atoms with Gasteiger partial charge in [0.1, 0.15) is 0 Å². The first-order chi connectivity index (χ1) is 9.24. The van der Waals surface area contributed by atoms with Crippen LogP contribution in [0.1, 0.15) is 17.3 Å². The minimum absolute atomic E-state index is 0.00881. The lowest BCUT2D eigenvalue weighted by Gasteiger charge is -2.13. The smallest absolute Gasteiger partial charge is 0.340 e. The van der Waals surface area contributed by atoms with E-state index in [0.29, 0.717) is 5.69 Å². The van der Waals surface area contributed by atoms with E-state index in [1.165, 1.54) is 12.1 Å². The fourth-order valence-electron chi connectivity index (χ4n) is 1.50. The predicted molar refractivity (Wildman–Crippen MR) is 78.3 cm³/mol. The molecule has 0 aliphatic rings. The molecule has 0 saturated heterocycles. The first kappa shape index (κ1) is 16.5. The fraction of sp³-hybridized carbons (Fsp3) is 0.364. The topological polar surface area (TPSA) is 125 Å². The van der Waals surface area contributed by atoms with E-state index >= 15 is 0 Å². The van der Waals surface area contributed by atoms with Gasteiger partial charge >= 0.3 is 5.97 Å². The lowest BCUT2D eigenvalue weighted by atomic mass is 10.1. The number of nitrogens with one attached hydrogen (secondary N) is 1. The van der Waals surface area contributed by atoms with E-state index < -0.39 is 16.0 Å². The highest BCUT2D eigenvalue weighted by Crippen LogP contribution is 2.29. The van der Waals surface area contributed by atoms with Crippen molar-refractivity contribution < 1.29 is 17.9 Å². The summed E-state index contributed by atoms with van der Waals surface area (Å²) in [6.45, 7) is 1.87. The average Bonchev–Trinajstić information content (AvgIpc) is 2.30. The highest BCUT2D eigenvalue weighted by atomic mass is 35.5. The van der Waals surface area contributed by atoms with E-state index in [-0.39, 0.29) is 35.2 Å².